The number of halogens is 3. The molecular weight excluding hydrogens is 331 g/mol. The summed E-state index contributed by atoms with van der Waals surface area (Å²) in [6.07, 6.45) is 2.05. The highest BCUT2D eigenvalue weighted by Gasteiger charge is 2.29. The Morgan fingerprint density at radius 1 is 1.28 bits per heavy atom. The molecule has 140 valence electrons. The van der Waals surface area contributed by atoms with Gasteiger partial charge in [0.05, 0.1) is 0 Å². The lowest BCUT2D eigenvalue weighted by molar-refractivity contribution is -0.118. The molecule has 3 N–H and O–H groups in total. The average Bonchev–Trinajstić information content (AvgIpc) is 2.57. The van der Waals surface area contributed by atoms with Gasteiger partial charge in [-0.05, 0) is 51.4 Å². The summed E-state index contributed by atoms with van der Waals surface area (Å²) in [5.41, 5.74) is 4.82. The van der Waals surface area contributed by atoms with Gasteiger partial charge in [-0.1, -0.05) is 13.8 Å². The molecule has 1 aromatic carbocycles. The molecule has 0 unspecified atom stereocenters. The molecule has 4 nitrogen and oxygen atoms in total. The number of benzene rings is 1. The van der Waals surface area contributed by atoms with Gasteiger partial charge in [-0.15, -0.1) is 0 Å². The molecule has 7 heteroatoms. The molecule has 0 radical (unpaired) electrons. The van der Waals surface area contributed by atoms with Crippen LogP contribution in [0.1, 0.15) is 44.6 Å². The van der Waals surface area contributed by atoms with E-state index < -0.39 is 35.0 Å². The Hall–Kier alpha value is -1.60. The van der Waals surface area contributed by atoms with Gasteiger partial charge in [0.2, 0.25) is 5.91 Å². The predicted octanol–water partition coefficient (Wildman–Crippen LogP) is 3.23. The highest BCUT2D eigenvalue weighted by molar-refractivity contribution is 5.92. The van der Waals surface area contributed by atoms with Crippen LogP contribution in [0.25, 0.3) is 0 Å². The minimum absolute atomic E-state index is 0.126. The highest BCUT2D eigenvalue weighted by Crippen LogP contribution is 2.36. The van der Waals surface area contributed by atoms with Crippen LogP contribution in [0.15, 0.2) is 6.07 Å². The molecule has 1 aromatic rings. The number of nitrogens with zero attached hydrogens (tertiary/aromatic N) is 1. The van der Waals surface area contributed by atoms with Crippen molar-refractivity contribution in [3.05, 3.63) is 29.1 Å². The summed E-state index contributed by atoms with van der Waals surface area (Å²) >= 11 is 0. The van der Waals surface area contributed by atoms with Crippen LogP contribution in [-0.2, 0) is 4.79 Å². The lowest BCUT2D eigenvalue weighted by Crippen LogP contribution is -2.35. The monoisotopic (exact) mass is 357 g/mol. The third kappa shape index (κ3) is 4.73. The van der Waals surface area contributed by atoms with E-state index in [1.54, 1.807) is 13.8 Å². The van der Waals surface area contributed by atoms with Gasteiger partial charge in [0.15, 0.2) is 11.6 Å². The van der Waals surface area contributed by atoms with Gasteiger partial charge in [0, 0.05) is 17.5 Å². The summed E-state index contributed by atoms with van der Waals surface area (Å²) in [6.45, 7) is 6.15. The number of carbonyl (C=O) groups is 1. The summed E-state index contributed by atoms with van der Waals surface area (Å²) in [6, 6.07) is 0.662. The Bertz CT molecular complexity index is 614. The van der Waals surface area contributed by atoms with E-state index in [4.69, 9.17) is 5.73 Å². The van der Waals surface area contributed by atoms with E-state index >= 15 is 0 Å². The molecule has 0 atom stereocenters. The minimum Gasteiger partial charge on any atom is -0.330 e. The van der Waals surface area contributed by atoms with Crippen LogP contribution >= 0.6 is 0 Å². The molecule has 1 saturated heterocycles. The molecule has 0 saturated carbocycles. The standard InChI is InChI=1S/C18H26F3N3O/c1-11(2)18(25)23-17-14(20)10-13(19)15(16(17)21)12-4-8-24(9-5-12)7-3-6-22/h10-12H,3-9,22H2,1-2H3,(H,23,25). The number of nitrogens with two attached hydrogens (primary N) is 1. The zero-order valence-corrected chi connectivity index (χ0v) is 14.7. The summed E-state index contributed by atoms with van der Waals surface area (Å²) in [5, 5.41) is 2.24. The number of amides is 1. The molecule has 1 aliphatic rings. The first-order valence-corrected chi connectivity index (χ1v) is 8.75. The van der Waals surface area contributed by atoms with Crippen LogP contribution in [0.5, 0.6) is 0 Å². The SMILES string of the molecule is CC(C)C(=O)Nc1c(F)cc(F)c(C2CCN(CCCN)CC2)c1F. The summed E-state index contributed by atoms with van der Waals surface area (Å²) in [7, 11) is 0. The van der Waals surface area contributed by atoms with E-state index in [1.165, 1.54) is 0 Å². The number of piperidine rings is 1. The lowest BCUT2D eigenvalue weighted by Gasteiger charge is -2.32. The van der Waals surface area contributed by atoms with E-state index in [2.05, 4.69) is 10.2 Å². The summed E-state index contributed by atoms with van der Waals surface area (Å²) in [5.74, 6) is -4.24. The molecule has 1 fully saturated rings. The largest absolute Gasteiger partial charge is 0.330 e. The maximum atomic E-state index is 14.8. The topological polar surface area (TPSA) is 58.4 Å². The van der Waals surface area contributed by atoms with E-state index in [0.29, 0.717) is 38.5 Å². The van der Waals surface area contributed by atoms with Gasteiger partial charge in [-0.3, -0.25) is 4.79 Å². The number of rotatable bonds is 6. The molecule has 0 aromatic heterocycles. The van der Waals surface area contributed by atoms with Gasteiger partial charge < -0.3 is 16.0 Å². The quantitative estimate of drug-likeness (QED) is 0.822. The van der Waals surface area contributed by atoms with E-state index in [0.717, 1.165) is 13.0 Å². The molecule has 0 aliphatic carbocycles. The number of hydrogen-bond donors (Lipinski definition) is 2. The number of carbonyl (C=O) groups excluding carboxylic acids is 1. The van der Waals surface area contributed by atoms with Gasteiger partial charge >= 0.3 is 0 Å². The Morgan fingerprint density at radius 2 is 1.92 bits per heavy atom. The van der Waals surface area contributed by atoms with E-state index in [1.807, 2.05) is 0 Å². The van der Waals surface area contributed by atoms with Crippen LogP contribution < -0.4 is 11.1 Å². The van der Waals surface area contributed by atoms with Crippen molar-refractivity contribution in [2.24, 2.45) is 11.7 Å². The fourth-order valence-corrected chi connectivity index (χ4v) is 3.12. The zero-order valence-electron chi connectivity index (χ0n) is 14.7. The molecule has 25 heavy (non-hydrogen) atoms. The lowest BCUT2D eigenvalue weighted by atomic mass is 9.88. The maximum absolute atomic E-state index is 14.8. The molecule has 1 heterocycles. The first kappa shape index (κ1) is 19.7. The van der Waals surface area contributed by atoms with Crippen molar-refractivity contribution in [3.8, 4) is 0 Å². The maximum Gasteiger partial charge on any atom is 0.227 e. The van der Waals surface area contributed by atoms with Crippen molar-refractivity contribution >= 4 is 11.6 Å². The third-order valence-electron chi connectivity index (χ3n) is 4.65. The van der Waals surface area contributed by atoms with Crippen molar-refractivity contribution in [3.63, 3.8) is 0 Å². The molecule has 1 amide bonds. The molecule has 0 spiro atoms. The normalized spacial score (nSPS) is 16.4. The van der Waals surface area contributed by atoms with Crippen molar-refractivity contribution in [2.45, 2.75) is 39.0 Å². The van der Waals surface area contributed by atoms with Crippen molar-refractivity contribution in [1.82, 2.24) is 4.90 Å². The van der Waals surface area contributed by atoms with Crippen LogP contribution in [0.2, 0.25) is 0 Å². The van der Waals surface area contributed by atoms with E-state index in [-0.39, 0.29) is 11.5 Å². The van der Waals surface area contributed by atoms with Gasteiger partial charge in [-0.25, -0.2) is 13.2 Å². The number of likely N-dealkylation sites (tertiary alicyclic amines) is 1. The van der Waals surface area contributed by atoms with Gasteiger partial charge in [-0.2, -0.15) is 0 Å². The summed E-state index contributed by atoms with van der Waals surface area (Å²) in [4.78, 5) is 14.0. The fraction of sp³-hybridized carbons (Fsp3) is 0.611. The van der Waals surface area contributed by atoms with Crippen LogP contribution in [0.4, 0.5) is 18.9 Å². The summed E-state index contributed by atoms with van der Waals surface area (Å²) < 4.78 is 43.0. The highest BCUT2D eigenvalue weighted by atomic mass is 19.1. The molecule has 2 rings (SSSR count). The number of hydrogen-bond acceptors (Lipinski definition) is 3. The Balaban J connectivity index is 2.20. The molecular formula is C18H26F3N3O. The van der Waals surface area contributed by atoms with Gasteiger partial charge in [0.1, 0.15) is 11.5 Å². The number of nitrogens with one attached hydrogen (secondary N) is 1. The van der Waals surface area contributed by atoms with Crippen LogP contribution in [0.3, 0.4) is 0 Å². The average molecular weight is 357 g/mol. The first-order valence-electron chi connectivity index (χ1n) is 8.75. The Labute approximate surface area is 146 Å². The smallest absolute Gasteiger partial charge is 0.227 e. The molecule has 1 aliphatic heterocycles. The van der Waals surface area contributed by atoms with Crippen LogP contribution in [-0.4, -0.2) is 37.0 Å². The van der Waals surface area contributed by atoms with Gasteiger partial charge in [0.25, 0.3) is 0 Å². The third-order valence-corrected chi connectivity index (χ3v) is 4.65. The Kier molecular flexibility index (Phi) is 6.84. The fourth-order valence-electron chi connectivity index (χ4n) is 3.12. The second-order valence-corrected chi connectivity index (χ2v) is 6.84. The first-order chi connectivity index (χ1) is 11.8. The number of anilines is 1. The van der Waals surface area contributed by atoms with Crippen molar-refractivity contribution < 1.29 is 18.0 Å². The Morgan fingerprint density at radius 3 is 2.48 bits per heavy atom. The molecule has 0 bridgehead atoms. The predicted molar refractivity (Wildman–Crippen MR) is 91.9 cm³/mol. The van der Waals surface area contributed by atoms with Crippen LogP contribution in [0, 0.1) is 23.4 Å². The zero-order chi connectivity index (χ0) is 18.6. The van der Waals surface area contributed by atoms with Crippen molar-refractivity contribution in [1.29, 1.82) is 0 Å². The van der Waals surface area contributed by atoms with E-state index in [9.17, 15) is 18.0 Å². The second kappa shape index (κ2) is 8.67. The second-order valence-electron chi connectivity index (χ2n) is 6.84. The van der Waals surface area contributed by atoms with Crippen molar-refractivity contribution in [2.75, 3.05) is 31.5 Å². The minimum atomic E-state index is -1.09.